The molecule has 19 heavy (non-hydrogen) atoms. The van der Waals surface area contributed by atoms with Crippen LogP contribution in [0.2, 0.25) is 4.34 Å². The molecule has 0 amide bonds. The average Bonchev–Trinajstić information content (AvgIpc) is 2.92. The van der Waals surface area contributed by atoms with Crippen molar-refractivity contribution >= 4 is 29.1 Å². The number of nitrogens with zero attached hydrogens (tertiary/aromatic N) is 6. The van der Waals surface area contributed by atoms with E-state index in [1.54, 1.807) is 4.68 Å². The van der Waals surface area contributed by atoms with Crippen LogP contribution in [0.4, 0.5) is 0 Å². The lowest BCUT2D eigenvalue weighted by molar-refractivity contribution is 0.0690. The highest BCUT2D eigenvalue weighted by Crippen LogP contribution is 2.25. The van der Waals surface area contributed by atoms with Crippen molar-refractivity contribution in [1.29, 1.82) is 0 Å². The molecule has 0 radical (unpaired) electrons. The molecule has 0 spiro atoms. The van der Waals surface area contributed by atoms with E-state index in [9.17, 15) is 4.79 Å². The van der Waals surface area contributed by atoms with Gasteiger partial charge in [0.15, 0.2) is 5.69 Å². The van der Waals surface area contributed by atoms with E-state index < -0.39 is 5.97 Å². The van der Waals surface area contributed by atoms with Gasteiger partial charge < -0.3 is 5.11 Å². The minimum absolute atomic E-state index is 0.0369. The molecule has 0 atom stereocenters. The van der Waals surface area contributed by atoms with Gasteiger partial charge in [-0.3, -0.25) is 4.90 Å². The van der Waals surface area contributed by atoms with Gasteiger partial charge in [-0.05, 0) is 0 Å². The molecule has 3 rings (SSSR count). The number of hydrogen-bond donors (Lipinski definition) is 1. The van der Waals surface area contributed by atoms with E-state index in [2.05, 4.69) is 24.8 Å². The van der Waals surface area contributed by atoms with E-state index >= 15 is 0 Å². The van der Waals surface area contributed by atoms with Gasteiger partial charge in [0.2, 0.25) is 0 Å². The van der Waals surface area contributed by atoms with Crippen molar-refractivity contribution in [2.45, 2.75) is 12.6 Å². The van der Waals surface area contributed by atoms with Crippen LogP contribution in [-0.4, -0.2) is 53.6 Å². The first-order valence-electron chi connectivity index (χ1n) is 5.47. The summed E-state index contributed by atoms with van der Waals surface area (Å²) in [6.45, 7) is 2.17. The Kier molecular flexibility index (Phi) is 3.17. The topological polar surface area (TPSA) is 97.0 Å². The molecule has 1 aliphatic heterocycles. The third-order valence-corrected chi connectivity index (χ3v) is 3.91. The molecule has 0 aliphatic carbocycles. The lowest BCUT2D eigenvalue weighted by atomic mass is 10.1. The van der Waals surface area contributed by atoms with Gasteiger partial charge in [-0.15, -0.1) is 10.2 Å². The molecule has 0 bridgehead atoms. The summed E-state index contributed by atoms with van der Waals surface area (Å²) in [6, 6.07) is 0.144. The van der Waals surface area contributed by atoms with E-state index in [1.165, 1.54) is 17.7 Å². The van der Waals surface area contributed by atoms with Gasteiger partial charge in [0.1, 0.15) is 10.0 Å². The van der Waals surface area contributed by atoms with Gasteiger partial charge in [0, 0.05) is 31.2 Å². The molecule has 1 saturated heterocycles. The number of aromatic carboxylic acids is 1. The van der Waals surface area contributed by atoms with Gasteiger partial charge in [-0.1, -0.05) is 21.3 Å². The number of carboxylic acids is 1. The zero-order valence-electron chi connectivity index (χ0n) is 9.60. The average molecular weight is 301 g/mol. The van der Waals surface area contributed by atoms with Crippen molar-refractivity contribution in [3.05, 3.63) is 21.9 Å². The molecule has 0 aromatic carbocycles. The molecule has 3 heterocycles. The maximum Gasteiger partial charge on any atom is 0.358 e. The van der Waals surface area contributed by atoms with Crippen molar-refractivity contribution in [2.75, 3.05) is 13.1 Å². The smallest absolute Gasteiger partial charge is 0.358 e. The Labute approximate surface area is 116 Å². The number of carbonyl (C=O) groups is 1. The van der Waals surface area contributed by atoms with Crippen LogP contribution in [0, 0.1) is 0 Å². The maximum atomic E-state index is 10.7. The van der Waals surface area contributed by atoms with Crippen molar-refractivity contribution in [2.24, 2.45) is 0 Å². The standard InChI is InChI=1S/C9H9ClN6O2S/c10-8-6(12-14-19-8)3-15-1-5(2-15)16-4-7(9(17)18)11-13-16/h4-5H,1-3H2,(H,17,18). The van der Waals surface area contributed by atoms with E-state index in [1.807, 2.05) is 0 Å². The summed E-state index contributed by atoms with van der Waals surface area (Å²) in [5, 5.41) is 20.1. The largest absolute Gasteiger partial charge is 0.476 e. The molecule has 2 aromatic rings. The Balaban J connectivity index is 1.57. The van der Waals surface area contributed by atoms with Crippen molar-refractivity contribution in [3.8, 4) is 0 Å². The Morgan fingerprint density at radius 2 is 2.32 bits per heavy atom. The van der Waals surface area contributed by atoms with E-state index in [0.29, 0.717) is 10.9 Å². The van der Waals surface area contributed by atoms with E-state index in [4.69, 9.17) is 16.7 Å². The van der Waals surface area contributed by atoms with Crippen molar-refractivity contribution in [1.82, 2.24) is 29.5 Å². The van der Waals surface area contributed by atoms with Gasteiger partial charge in [-0.25, -0.2) is 9.48 Å². The third-order valence-electron chi connectivity index (χ3n) is 2.92. The van der Waals surface area contributed by atoms with Crippen LogP contribution in [0.1, 0.15) is 22.2 Å². The summed E-state index contributed by atoms with van der Waals surface area (Å²) in [7, 11) is 0. The van der Waals surface area contributed by atoms with Crippen LogP contribution in [0.3, 0.4) is 0 Å². The van der Waals surface area contributed by atoms with Crippen LogP contribution >= 0.6 is 23.1 Å². The normalized spacial score (nSPS) is 16.5. The van der Waals surface area contributed by atoms with Crippen LogP contribution in [0.5, 0.6) is 0 Å². The molecule has 0 saturated carbocycles. The molecule has 100 valence electrons. The van der Waals surface area contributed by atoms with E-state index in [-0.39, 0.29) is 11.7 Å². The van der Waals surface area contributed by atoms with Crippen LogP contribution in [-0.2, 0) is 6.54 Å². The molecule has 8 nitrogen and oxygen atoms in total. The molecule has 1 fully saturated rings. The summed E-state index contributed by atoms with van der Waals surface area (Å²) in [5.74, 6) is -1.07. The Hall–Kier alpha value is -1.58. The van der Waals surface area contributed by atoms with Gasteiger partial charge in [0.25, 0.3) is 0 Å². The van der Waals surface area contributed by atoms with Crippen LogP contribution in [0.25, 0.3) is 0 Å². The number of hydrogen-bond acceptors (Lipinski definition) is 7. The Morgan fingerprint density at radius 1 is 1.53 bits per heavy atom. The summed E-state index contributed by atoms with van der Waals surface area (Å²) >= 11 is 7.10. The second-order valence-corrected chi connectivity index (χ2v) is 5.59. The minimum Gasteiger partial charge on any atom is -0.476 e. The number of halogens is 1. The quantitative estimate of drug-likeness (QED) is 0.880. The third kappa shape index (κ3) is 2.44. The zero-order chi connectivity index (χ0) is 13.4. The molecule has 2 aromatic heterocycles. The highest BCUT2D eigenvalue weighted by atomic mass is 35.5. The number of carboxylic acid groups (broad SMARTS) is 1. The predicted molar refractivity (Wildman–Crippen MR) is 66.2 cm³/mol. The minimum atomic E-state index is -1.07. The van der Waals surface area contributed by atoms with Crippen molar-refractivity contribution < 1.29 is 9.90 Å². The number of aromatic nitrogens is 5. The summed E-state index contributed by atoms with van der Waals surface area (Å²) in [4.78, 5) is 12.8. The first kappa shape index (κ1) is 12.5. The maximum absolute atomic E-state index is 10.7. The molecule has 1 N–H and O–H groups in total. The summed E-state index contributed by atoms with van der Waals surface area (Å²) < 4.78 is 5.97. The second kappa shape index (κ2) is 4.83. The monoisotopic (exact) mass is 300 g/mol. The molecule has 10 heteroatoms. The van der Waals surface area contributed by atoms with Gasteiger partial charge in [0.05, 0.1) is 12.2 Å². The van der Waals surface area contributed by atoms with Gasteiger partial charge in [-0.2, -0.15) is 0 Å². The lowest BCUT2D eigenvalue weighted by Gasteiger charge is -2.38. The first-order valence-corrected chi connectivity index (χ1v) is 6.63. The molecular weight excluding hydrogens is 292 g/mol. The fourth-order valence-corrected chi connectivity index (χ4v) is 2.51. The van der Waals surface area contributed by atoms with Crippen LogP contribution in [0.15, 0.2) is 6.20 Å². The number of likely N-dealkylation sites (tertiary alicyclic amines) is 1. The Morgan fingerprint density at radius 3 is 2.89 bits per heavy atom. The molecule has 1 aliphatic rings. The lowest BCUT2D eigenvalue weighted by Crippen LogP contribution is -2.47. The second-order valence-electron chi connectivity index (χ2n) is 4.23. The van der Waals surface area contributed by atoms with Crippen LogP contribution < -0.4 is 0 Å². The zero-order valence-corrected chi connectivity index (χ0v) is 11.2. The molecular formula is C9H9ClN6O2S. The fourth-order valence-electron chi connectivity index (χ4n) is 1.90. The highest BCUT2D eigenvalue weighted by Gasteiger charge is 2.30. The first-order chi connectivity index (χ1) is 9.13. The van der Waals surface area contributed by atoms with E-state index in [0.717, 1.165) is 18.8 Å². The SMILES string of the molecule is O=C(O)c1cn(C2CN(Cc3nnsc3Cl)C2)nn1. The van der Waals surface area contributed by atoms with Crippen molar-refractivity contribution in [3.63, 3.8) is 0 Å². The summed E-state index contributed by atoms with van der Waals surface area (Å²) in [6.07, 6.45) is 1.45. The summed E-state index contributed by atoms with van der Waals surface area (Å²) in [5.41, 5.74) is 0.736. The Bertz CT molecular complexity index is 607. The predicted octanol–water partition coefficient (Wildman–Crippen LogP) is 0.538. The fraction of sp³-hybridized carbons (Fsp3) is 0.444. The molecule has 0 unspecified atom stereocenters. The highest BCUT2D eigenvalue weighted by molar-refractivity contribution is 7.10. The van der Waals surface area contributed by atoms with Gasteiger partial charge >= 0.3 is 5.97 Å². The number of rotatable bonds is 4.